The molecule has 1 heterocycles. The summed E-state index contributed by atoms with van der Waals surface area (Å²) in [6.45, 7) is 7.58. The van der Waals surface area contributed by atoms with Gasteiger partial charge in [0.2, 0.25) is 0 Å². The summed E-state index contributed by atoms with van der Waals surface area (Å²) in [6.07, 6.45) is 4.80. The molecule has 1 aromatic rings. The lowest BCUT2D eigenvalue weighted by Gasteiger charge is -2.29. The molecule has 0 bridgehead atoms. The van der Waals surface area contributed by atoms with Crippen LogP contribution in [-0.2, 0) is 7.05 Å². The third kappa shape index (κ3) is 2.84. The molecule has 1 unspecified atom stereocenters. The Balaban J connectivity index is 2.03. The van der Waals surface area contributed by atoms with Crippen LogP contribution in [0.1, 0.15) is 55.6 Å². The van der Waals surface area contributed by atoms with Crippen molar-refractivity contribution >= 4 is 0 Å². The van der Waals surface area contributed by atoms with Crippen LogP contribution in [0.4, 0.5) is 0 Å². The van der Waals surface area contributed by atoms with E-state index in [1.54, 1.807) is 0 Å². The van der Waals surface area contributed by atoms with Gasteiger partial charge in [-0.2, -0.15) is 5.10 Å². The minimum atomic E-state index is 0.109. The maximum Gasteiger partial charge on any atom is 0.0644 e. The van der Waals surface area contributed by atoms with Crippen molar-refractivity contribution in [3.05, 3.63) is 17.0 Å². The summed E-state index contributed by atoms with van der Waals surface area (Å²) < 4.78 is 1.94. The SMILES string of the molecule is Cc1nn(C)c(C)c1C(C)NCC1(CO)CCCC1. The minimum Gasteiger partial charge on any atom is -0.396 e. The number of nitrogens with one attached hydrogen (secondary N) is 1. The zero-order chi connectivity index (χ0) is 14.0. The number of aromatic nitrogens is 2. The molecule has 4 nitrogen and oxygen atoms in total. The highest BCUT2D eigenvalue weighted by atomic mass is 16.3. The van der Waals surface area contributed by atoms with Crippen LogP contribution in [-0.4, -0.2) is 28.0 Å². The van der Waals surface area contributed by atoms with Crippen LogP contribution in [0.3, 0.4) is 0 Å². The standard InChI is InChI=1S/C15H27N3O/c1-11(14-12(2)17-18(4)13(14)3)16-9-15(10-19)7-5-6-8-15/h11,16,19H,5-10H2,1-4H3. The summed E-state index contributed by atoms with van der Waals surface area (Å²) in [5.74, 6) is 0. The Morgan fingerprint density at radius 3 is 2.47 bits per heavy atom. The molecule has 0 saturated heterocycles. The molecule has 0 spiro atoms. The van der Waals surface area contributed by atoms with Crippen molar-refractivity contribution in [2.45, 2.75) is 52.5 Å². The van der Waals surface area contributed by atoms with Gasteiger partial charge in [-0.1, -0.05) is 12.8 Å². The molecule has 2 rings (SSSR count). The predicted molar refractivity (Wildman–Crippen MR) is 77.1 cm³/mol. The van der Waals surface area contributed by atoms with E-state index in [1.165, 1.54) is 24.1 Å². The van der Waals surface area contributed by atoms with Gasteiger partial charge >= 0.3 is 0 Å². The monoisotopic (exact) mass is 265 g/mol. The van der Waals surface area contributed by atoms with E-state index in [0.29, 0.717) is 6.61 Å². The number of hydrogen-bond acceptors (Lipinski definition) is 3. The quantitative estimate of drug-likeness (QED) is 0.858. The molecule has 1 atom stereocenters. The molecule has 0 aliphatic heterocycles. The van der Waals surface area contributed by atoms with Gasteiger partial charge in [-0.25, -0.2) is 0 Å². The molecule has 2 N–H and O–H groups in total. The van der Waals surface area contributed by atoms with Crippen LogP contribution in [0.2, 0.25) is 0 Å². The molecule has 4 heteroatoms. The van der Waals surface area contributed by atoms with Crippen molar-refractivity contribution in [3.63, 3.8) is 0 Å². The first-order valence-corrected chi connectivity index (χ1v) is 7.33. The molecule has 1 aromatic heterocycles. The average Bonchev–Trinajstić information content (AvgIpc) is 2.94. The van der Waals surface area contributed by atoms with Crippen LogP contribution in [0, 0.1) is 19.3 Å². The highest BCUT2D eigenvalue weighted by Crippen LogP contribution is 2.37. The Kier molecular flexibility index (Phi) is 4.31. The topological polar surface area (TPSA) is 50.1 Å². The lowest BCUT2D eigenvalue weighted by Crippen LogP contribution is -2.36. The number of rotatable bonds is 5. The maximum absolute atomic E-state index is 9.66. The van der Waals surface area contributed by atoms with Gasteiger partial charge in [0.1, 0.15) is 0 Å². The largest absolute Gasteiger partial charge is 0.396 e. The fraction of sp³-hybridized carbons (Fsp3) is 0.800. The first kappa shape index (κ1) is 14.5. The van der Waals surface area contributed by atoms with Gasteiger partial charge in [0.25, 0.3) is 0 Å². The van der Waals surface area contributed by atoms with E-state index in [1.807, 2.05) is 11.7 Å². The lowest BCUT2D eigenvalue weighted by molar-refractivity contribution is 0.125. The summed E-state index contributed by atoms with van der Waals surface area (Å²) in [5.41, 5.74) is 3.73. The number of aliphatic hydroxyl groups is 1. The number of hydrogen-bond donors (Lipinski definition) is 2. The Hall–Kier alpha value is -0.870. The number of nitrogens with zero attached hydrogens (tertiary/aromatic N) is 2. The van der Waals surface area contributed by atoms with Crippen molar-refractivity contribution in [2.75, 3.05) is 13.2 Å². The predicted octanol–water partition coefficient (Wildman–Crippen LogP) is 2.24. The minimum absolute atomic E-state index is 0.109. The molecule has 1 aliphatic rings. The molecule has 19 heavy (non-hydrogen) atoms. The van der Waals surface area contributed by atoms with Gasteiger partial charge in [-0.15, -0.1) is 0 Å². The summed E-state index contributed by atoms with van der Waals surface area (Å²) >= 11 is 0. The van der Waals surface area contributed by atoms with Gasteiger partial charge in [-0.3, -0.25) is 4.68 Å². The Bertz CT molecular complexity index is 433. The molecular formula is C15H27N3O. The van der Waals surface area contributed by atoms with Crippen molar-refractivity contribution in [1.82, 2.24) is 15.1 Å². The van der Waals surface area contributed by atoms with Crippen LogP contribution in [0.25, 0.3) is 0 Å². The van der Waals surface area contributed by atoms with E-state index in [4.69, 9.17) is 0 Å². The smallest absolute Gasteiger partial charge is 0.0644 e. The Morgan fingerprint density at radius 2 is 2.00 bits per heavy atom. The molecule has 0 radical (unpaired) electrons. The fourth-order valence-corrected chi connectivity index (χ4v) is 3.40. The van der Waals surface area contributed by atoms with Gasteiger partial charge in [0.15, 0.2) is 0 Å². The van der Waals surface area contributed by atoms with Gasteiger partial charge < -0.3 is 10.4 Å². The fourth-order valence-electron chi connectivity index (χ4n) is 3.40. The van der Waals surface area contributed by atoms with Gasteiger partial charge in [-0.05, 0) is 33.6 Å². The molecule has 0 aromatic carbocycles. The average molecular weight is 265 g/mol. The second kappa shape index (κ2) is 5.63. The number of aliphatic hydroxyl groups excluding tert-OH is 1. The van der Waals surface area contributed by atoms with E-state index < -0.39 is 0 Å². The van der Waals surface area contributed by atoms with Crippen LogP contribution >= 0.6 is 0 Å². The van der Waals surface area contributed by atoms with Crippen molar-refractivity contribution in [2.24, 2.45) is 12.5 Å². The zero-order valence-electron chi connectivity index (χ0n) is 12.7. The van der Waals surface area contributed by atoms with Crippen molar-refractivity contribution in [3.8, 4) is 0 Å². The van der Waals surface area contributed by atoms with E-state index in [-0.39, 0.29) is 11.5 Å². The first-order chi connectivity index (χ1) is 8.99. The second-order valence-corrected chi connectivity index (χ2v) is 6.18. The summed E-state index contributed by atoms with van der Waals surface area (Å²) in [7, 11) is 1.99. The third-order valence-electron chi connectivity index (χ3n) is 4.78. The van der Waals surface area contributed by atoms with Crippen LogP contribution in [0.5, 0.6) is 0 Å². The molecular weight excluding hydrogens is 238 g/mol. The van der Waals surface area contributed by atoms with Crippen LogP contribution < -0.4 is 5.32 Å². The van der Waals surface area contributed by atoms with E-state index >= 15 is 0 Å². The highest BCUT2D eigenvalue weighted by molar-refractivity contribution is 5.27. The molecule has 1 aliphatic carbocycles. The Morgan fingerprint density at radius 1 is 1.37 bits per heavy atom. The second-order valence-electron chi connectivity index (χ2n) is 6.18. The Labute approximate surface area is 116 Å². The first-order valence-electron chi connectivity index (χ1n) is 7.33. The summed E-state index contributed by atoms with van der Waals surface area (Å²) in [4.78, 5) is 0. The van der Waals surface area contributed by atoms with Crippen molar-refractivity contribution in [1.29, 1.82) is 0 Å². The number of aryl methyl sites for hydroxylation is 2. The molecule has 1 saturated carbocycles. The lowest BCUT2D eigenvalue weighted by atomic mass is 9.87. The van der Waals surface area contributed by atoms with E-state index in [9.17, 15) is 5.11 Å². The van der Waals surface area contributed by atoms with Gasteiger partial charge in [0, 0.05) is 42.9 Å². The maximum atomic E-state index is 9.66. The van der Waals surface area contributed by atoms with E-state index in [2.05, 4.69) is 31.2 Å². The highest BCUT2D eigenvalue weighted by Gasteiger charge is 2.33. The van der Waals surface area contributed by atoms with Crippen LogP contribution in [0.15, 0.2) is 0 Å². The molecule has 0 amide bonds. The molecule has 1 fully saturated rings. The third-order valence-corrected chi connectivity index (χ3v) is 4.78. The zero-order valence-corrected chi connectivity index (χ0v) is 12.7. The van der Waals surface area contributed by atoms with Gasteiger partial charge in [0.05, 0.1) is 5.69 Å². The summed E-state index contributed by atoms with van der Waals surface area (Å²) in [6, 6.07) is 0.290. The van der Waals surface area contributed by atoms with Crippen molar-refractivity contribution < 1.29 is 5.11 Å². The normalized spacial score (nSPS) is 19.8. The molecule has 108 valence electrons. The summed E-state index contributed by atoms with van der Waals surface area (Å²) in [5, 5.41) is 17.7. The van der Waals surface area contributed by atoms with E-state index in [0.717, 1.165) is 25.1 Å².